The van der Waals surface area contributed by atoms with Gasteiger partial charge in [-0.1, -0.05) is 12.1 Å². The minimum Gasteiger partial charge on any atom is -0.370 e. The van der Waals surface area contributed by atoms with Crippen molar-refractivity contribution < 1.29 is 13.9 Å². The van der Waals surface area contributed by atoms with Crippen LogP contribution >= 0.6 is 0 Å². The van der Waals surface area contributed by atoms with Crippen LogP contribution in [0.3, 0.4) is 0 Å². The lowest BCUT2D eigenvalue weighted by Crippen LogP contribution is -2.40. The lowest BCUT2D eigenvalue weighted by molar-refractivity contribution is -0.131. The fourth-order valence-electron chi connectivity index (χ4n) is 2.29. The van der Waals surface area contributed by atoms with Gasteiger partial charge in [-0.25, -0.2) is 10.2 Å². The molecule has 1 aromatic carbocycles. The summed E-state index contributed by atoms with van der Waals surface area (Å²) in [7, 11) is 1.80. The van der Waals surface area contributed by atoms with E-state index in [1.54, 1.807) is 30.1 Å². The number of hydrogen-bond donors (Lipinski definition) is 2. The van der Waals surface area contributed by atoms with E-state index in [0.717, 1.165) is 6.42 Å². The largest absolute Gasteiger partial charge is 0.370 e. The van der Waals surface area contributed by atoms with Crippen molar-refractivity contribution in [3.63, 3.8) is 0 Å². The molecule has 0 radical (unpaired) electrons. The van der Waals surface area contributed by atoms with Crippen LogP contribution in [0.4, 0.5) is 10.1 Å². The van der Waals surface area contributed by atoms with Gasteiger partial charge in [0.15, 0.2) is 0 Å². The van der Waals surface area contributed by atoms with E-state index in [1.165, 1.54) is 6.07 Å². The van der Waals surface area contributed by atoms with Crippen LogP contribution < -0.4 is 16.2 Å². The number of para-hydroxylation sites is 1. The number of likely N-dealkylation sites (N-methyl/N-ethyl adjacent to an activating group) is 1. The molecule has 1 heterocycles. The molecule has 1 fully saturated rings. The SMILES string of the molecule is CN(CC1CCC(C(=O)NN)O1)c1ccccc1F. The Morgan fingerprint density at radius 3 is 2.95 bits per heavy atom. The van der Waals surface area contributed by atoms with Gasteiger partial charge in [0.05, 0.1) is 11.8 Å². The van der Waals surface area contributed by atoms with E-state index in [4.69, 9.17) is 10.6 Å². The lowest BCUT2D eigenvalue weighted by Gasteiger charge is -2.23. The second-order valence-electron chi connectivity index (χ2n) is 4.66. The van der Waals surface area contributed by atoms with Gasteiger partial charge in [0.2, 0.25) is 0 Å². The van der Waals surface area contributed by atoms with Crippen molar-refractivity contribution in [3.05, 3.63) is 30.1 Å². The van der Waals surface area contributed by atoms with Crippen LogP contribution in [0.1, 0.15) is 12.8 Å². The third-order valence-electron chi connectivity index (χ3n) is 3.28. The Labute approximate surface area is 111 Å². The highest BCUT2D eigenvalue weighted by Crippen LogP contribution is 2.23. The number of nitrogens with two attached hydrogens (primary N) is 1. The van der Waals surface area contributed by atoms with Crippen molar-refractivity contribution in [3.8, 4) is 0 Å². The maximum Gasteiger partial charge on any atom is 0.263 e. The van der Waals surface area contributed by atoms with Gasteiger partial charge >= 0.3 is 0 Å². The van der Waals surface area contributed by atoms with E-state index in [-0.39, 0.29) is 17.8 Å². The number of nitrogens with zero attached hydrogens (tertiary/aromatic N) is 1. The van der Waals surface area contributed by atoms with Crippen LogP contribution in [0.5, 0.6) is 0 Å². The summed E-state index contributed by atoms with van der Waals surface area (Å²) in [5, 5.41) is 0. The summed E-state index contributed by atoms with van der Waals surface area (Å²) in [5.74, 6) is 4.50. The highest BCUT2D eigenvalue weighted by Gasteiger charge is 2.31. The normalized spacial score (nSPS) is 22.3. The molecule has 5 nitrogen and oxygen atoms in total. The zero-order valence-electron chi connectivity index (χ0n) is 10.8. The molecular formula is C13H18FN3O2. The fraction of sp³-hybridized carbons (Fsp3) is 0.462. The predicted molar refractivity (Wildman–Crippen MR) is 69.9 cm³/mol. The Bertz CT molecular complexity index is 455. The first-order valence-electron chi connectivity index (χ1n) is 6.23. The first kappa shape index (κ1) is 13.8. The molecule has 0 aromatic heterocycles. The summed E-state index contributed by atoms with van der Waals surface area (Å²) in [5.41, 5.74) is 2.61. The molecule has 2 unspecified atom stereocenters. The van der Waals surface area contributed by atoms with Gasteiger partial charge in [-0.15, -0.1) is 0 Å². The highest BCUT2D eigenvalue weighted by atomic mass is 19.1. The zero-order chi connectivity index (χ0) is 13.8. The van der Waals surface area contributed by atoms with E-state index in [2.05, 4.69) is 5.43 Å². The second-order valence-corrected chi connectivity index (χ2v) is 4.66. The van der Waals surface area contributed by atoms with E-state index < -0.39 is 6.10 Å². The smallest absolute Gasteiger partial charge is 0.263 e. The fourth-order valence-corrected chi connectivity index (χ4v) is 2.29. The number of hydrazine groups is 1. The van der Waals surface area contributed by atoms with Gasteiger partial charge in [0, 0.05) is 13.6 Å². The van der Waals surface area contributed by atoms with Crippen molar-refractivity contribution in [1.82, 2.24) is 5.43 Å². The molecule has 3 N–H and O–H groups in total. The number of hydrogen-bond acceptors (Lipinski definition) is 4. The summed E-state index contributed by atoms with van der Waals surface area (Å²) in [6, 6.07) is 6.58. The van der Waals surface area contributed by atoms with Crippen LogP contribution in [-0.4, -0.2) is 31.7 Å². The first-order valence-corrected chi connectivity index (χ1v) is 6.23. The van der Waals surface area contributed by atoms with Crippen molar-refractivity contribution in [1.29, 1.82) is 0 Å². The van der Waals surface area contributed by atoms with E-state index in [0.29, 0.717) is 18.7 Å². The summed E-state index contributed by atoms with van der Waals surface area (Å²) >= 11 is 0. The molecule has 1 aromatic rings. The molecule has 1 amide bonds. The quantitative estimate of drug-likeness (QED) is 0.481. The van der Waals surface area contributed by atoms with Gasteiger partial charge in [0.1, 0.15) is 11.9 Å². The molecular weight excluding hydrogens is 249 g/mol. The molecule has 6 heteroatoms. The second kappa shape index (κ2) is 5.99. The van der Waals surface area contributed by atoms with Gasteiger partial charge in [-0.05, 0) is 25.0 Å². The van der Waals surface area contributed by atoms with Crippen molar-refractivity contribution in [2.75, 3.05) is 18.5 Å². The Hall–Kier alpha value is -1.66. The van der Waals surface area contributed by atoms with Crippen molar-refractivity contribution in [2.45, 2.75) is 25.0 Å². The van der Waals surface area contributed by atoms with Crippen LogP contribution in [0.25, 0.3) is 0 Å². The third kappa shape index (κ3) is 3.21. The van der Waals surface area contributed by atoms with E-state index in [9.17, 15) is 9.18 Å². The van der Waals surface area contributed by atoms with Gasteiger partial charge < -0.3 is 9.64 Å². The summed E-state index contributed by atoms with van der Waals surface area (Å²) < 4.78 is 19.2. The minimum absolute atomic E-state index is 0.0908. The number of ether oxygens (including phenoxy) is 1. The maximum absolute atomic E-state index is 13.6. The number of benzene rings is 1. The Balaban J connectivity index is 1.92. The van der Waals surface area contributed by atoms with Crippen molar-refractivity contribution in [2.24, 2.45) is 5.84 Å². The summed E-state index contributed by atoms with van der Waals surface area (Å²) in [4.78, 5) is 13.1. The highest BCUT2D eigenvalue weighted by molar-refractivity contribution is 5.80. The molecule has 2 atom stereocenters. The van der Waals surface area contributed by atoms with Crippen LogP contribution in [-0.2, 0) is 9.53 Å². The average molecular weight is 267 g/mol. The Kier molecular flexibility index (Phi) is 4.34. The zero-order valence-corrected chi connectivity index (χ0v) is 10.8. The van der Waals surface area contributed by atoms with Crippen LogP contribution in [0, 0.1) is 5.82 Å². The third-order valence-corrected chi connectivity index (χ3v) is 3.28. The number of halogens is 1. The Morgan fingerprint density at radius 2 is 2.26 bits per heavy atom. The average Bonchev–Trinajstić information content (AvgIpc) is 2.86. The number of anilines is 1. The van der Waals surface area contributed by atoms with Gasteiger partial charge in [-0.3, -0.25) is 10.2 Å². The summed E-state index contributed by atoms with van der Waals surface area (Å²) in [6.45, 7) is 0.537. The molecule has 2 rings (SSSR count). The van der Waals surface area contributed by atoms with Crippen molar-refractivity contribution >= 4 is 11.6 Å². The molecule has 19 heavy (non-hydrogen) atoms. The summed E-state index contributed by atoms with van der Waals surface area (Å²) in [6.07, 6.45) is 0.811. The van der Waals surface area contributed by atoms with Gasteiger partial charge in [0.25, 0.3) is 5.91 Å². The molecule has 104 valence electrons. The molecule has 0 spiro atoms. The maximum atomic E-state index is 13.6. The number of carbonyl (C=O) groups excluding carboxylic acids is 1. The molecule has 0 saturated carbocycles. The van der Waals surface area contributed by atoms with E-state index in [1.807, 2.05) is 0 Å². The molecule has 1 aliphatic heterocycles. The number of amides is 1. The molecule has 1 saturated heterocycles. The molecule has 0 aliphatic carbocycles. The monoisotopic (exact) mass is 267 g/mol. The van der Waals surface area contributed by atoms with Gasteiger partial charge in [-0.2, -0.15) is 0 Å². The molecule has 0 bridgehead atoms. The lowest BCUT2D eigenvalue weighted by atomic mass is 10.2. The number of nitrogens with one attached hydrogen (secondary N) is 1. The predicted octanol–water partition coefficient (Wildman–Crippen LogP) is 0.799. The molecule has 1 aliphatic rings. The van der Waals surface area contributed by atoms with E-state index >= 15 is 0 Å². The van der Waals surface area contributed by atoms with Crippen LogP contribution in [0.2, 0.25) is 0 Å². The number of carbonyl (C=O) groups is 1. The Morgan fingerprint density at radius 1 is 1.53 bits per heavy atom. The minimum atomic E-state index is -0.496. The topological polar surface area (TPSA) is 67.6 Å². The first-order chi connectivity index (χ1) is 9.11. The number of rotatable bonds is 4. The standard InChI is InChI=1S/C13H18FN3O2/c1-17(11-5-3-2-4-10(11)14)8-9-6-7-12(19-9)13(18)16-15/h2-5,9,12H,6-8,15H2,1H3,(H,16,18). The van der Waals surface area contributed by atoms with Crippen LogP contribution in [0.15, 0.2) is 24.3 Å².